The molecule has 4 heteroatoms. The number of ether oxygens (including phenoxy) is 1. The molecule has 60 valence electrons. The summed E-state index contributed by atoms with van der Waals surface area (Å²) in [6.07, 6.45) is 2.17. The van der Waals surface area contributed by atoms with Crippen molar-refractivity contribution in [3.63, 3.8) is 0 Å². The van der Waals surface area contributed by atoms with Crippen LogP contribution in [-0.4, -0.2) is 21.6 Å². The van der Waals surface area contributed by atoms with E-state index in [-0.39, 0.29) is 6.10 Å². The molecule has 4 nitrogen and oxygen atoms in total. The Hall–Kier alpha value is -0.900. The van der Waals surface area contributed by atoms with E-state index in [1.54, 1.807) is 0 Å². The molecule has 0 aromatic carbocycles. The van der Waals surface area contributed by atoms with E-state index in [2.05, 4.69) is 24.2 Å². The van der Waals surface area contributed by atoms with Crippen LogP contribution in [-0.2, 0) is 4.74 Å². The quantitative estimate of drug-likeness (QED) is 0.593. The molecule has 1 aromatic rings. The lowest BCUT2D eigenvalue weighted by Crippen LogP contribution is -2.00. The van der Waals surface area contributed by atoms with Crippen molar-refractivity contribution in [2.45, 2.75) is 26.0 Å². The molecule has 1 aliphatic rings. The van der Waals surface area contributed by atoms with Crippen LogP contribution >= 0.6 is 0 Å². The fourth-order valence-corrected chi connectivity index (χ4v) is 0.909. The monoisotopic (exact) mass is 153 g/mol. The average Bonchev–Trinajstić information content (AvgIpc) is 2.68. The largest absolute Gasteiger partial charge is 0.366 e. The van der Waals surface area contributed by atoms with Crippen molar-refractivity contribution in [2.24, 2.45) is 0 Å². The topological polar surface area (TPSA) is 43.2 Å². The van der Waals surface area contributed by atoms with Gasteiger partial charge in [-0.15, -0.1) is 5.10 Å². The lowest BCUT2D eigenvalue weighted by atomic mass is 10.3. The first kappa shape index (κ1) is 6.79. The van der Waals surface area contributed by atoms with Crippen molar-refractivity contribution in [2.75, 3.05) is 6.61 Å². The van der Waals surface area contributed by atoms with E-state index in [9.17, 15) is 0 Å². The summed E-state index contributed by atoms with van der Waals surface area (Å²) in [4.78, 5) is 0. The minimum atomic E-state index is 0.225. The van der Waals surface area contributed by atoms with Gasteiger partial charge in [-0.05, 0) is 13.8 Å². The first-order chi connectivity index (χ1) is 5.27. The molecular weight excluding hydrogens is 142 g/mol. The molecule has 0 N–H and O–H groups in total. The third-order valence-corrected chi connectivity index (χ3v) is 1.72. The van der Waals surface area contributed by atoms with Crippen molar-refractivity contribution < 1.29 is 4.74 Å². The minimum Gasteiger partial charge on any atom is -0.366 e. The Morgan fingerprint density at radius 3 is 2.91 bits per heavy atom. The molecule has 1 aromatic heterocycles. The second-order valence-electron chi connectivity index (χ2n) is 3.04. The average molecular weight is 153 g/mol. The second kappa shape index (κ2) is 2.30. The Bertz CT molecular complexity index is 235. The highest BCUT2D eigenvalue weighted by Crippen LogP contribution is 2.27. The Balaban J connectivity index is 2.18. The van der Waals surface area contributed by atoms with Crippen molar-refractivity contribution >= 4 is 0 Å². The Kier molecular flexibility index (Phi) is 1.42. The van der Waals surface area contributed by atoms with Gasteiger partial charge in [0, 0.05) is 6.04 Å². The molecule has 1 atom stereocenters. The third kappa shape index (κ3) is 1.26. The van der Waals surface area contributed by atoms with Crippen LogP contribution in [0.5, 0.6) is 0 Å². The summed E-state index contributed by atoms with van der Waals surface area (Å²) < 4.78 is 6.92. The molecule has 2 rings (SSSR count). The summed E-state index contributed by atoms with van der Waals surface area (Å²) in [5, 5.41) is 7.95. The lowest BCUT2D eigenvalue weighted by Gasteiger charge is -2.00. The third-order valence-electron chi connectivity index (χ3n) is 1.72. The predicted octanol–water partition coefficient (Wildman–Crippen LogP) is 0.930. The zero-order valence-electron chi connectivity index (χ0n) is 6.69. The van der Waals surface area contributed by atoms with E-state index in [0.717, 1.165) is 12.3 Å². The van der Waals surface area contributed by atoms with Gasteiger partial charge in [-0.2, -0.15) is 0 Å². The van der Waals surface area contributed by atoms with E-state index in [1.165, 1.54) is 0 Å². The van der Waals surface area contributed by atoms with Gasteiger partial charge < -0.3 is 4.74 Å². The first-order valence-corrected chi connectivity index (χ1v) is 3.80. The number of aromatic nitrogens is 3. The normalized spacial score (nSPS) is 22.6. The van der Waals surface area contributed by atoms with Crippen molar-refractivity contribution in [1.29, 1.82) is 0 Å². The molecule has 0 spiro atoms. The highest BCUT2D eigenvalue weighted by atomic mass is 16.6. The Morgan fingerprint density at radius 2 is 2.45 bits per heavy atom. The van der Waals surface area contributed by atoms with Gasteiger partial charge in [-0.25, -0.2) is 4.68 Å². The van der Waals surface area contributed by atoms with Gasteiger partial charge in [-0.3, -0.25) is 0 Å². The molecule has 1 aliphatic heterocycles. The van der Waals surface area contributed by atoms with Crippen LogP contribution in [0, 0.1) is 0 Å². The predicted molar refractivity (Wildman–Crippen MR) is 39.1 cm³/mol. The van der Waals surface area contributed by atoms with Crippen LogP contribution in [0.15, 0.2) is 6.20 Å². The fourth-order valence-electron chi connectivity index (χ4n) is 0.909. The van der Waals surface area contributed by atoms with E-state index in [0.29, 0.717) is 6.04 Å². The molecule has 1 unspecified atom stereocenters. The summed E-state index contributed by atoms with van der Waals surface area (Å²) >= 11 is 0. The van der Waals surface area contributed by atoms with Gasteiger partial charge in [0.1, 0.15) is 11.8 Å². The Labute approximate surface area is 65.2 Å². The molecule has 1 saturated heterocycles. The van der Waals surface area contributed by atoms with E-state index >= 15 is 0 Å². The van der Waals surface area contributed by atoms with Crippen LogP contribution in [0.2, 0.25) is 0 Å². The van der Waals surface area contributed by atoms with Crippen molar-refractivity contribution in [1.82, 2.24) is 15.0 Å². The molecule has 0 saturated carbocycles. The summed E-state index contributed by atoms with van der Waals surface area (Å²) in [5.74, 6) is 0. The van der Waals surface area contributed by atoms with E-state index in [1.807, 2.05) is 10.9 Å². The Morgan fingerprint density at radius 1 is 1.73 bits per heavy atom. The van der Waals surface area contributed by atoms with Crippen LogP contribution in [0.3, 0.4) is 0 Å². The van der Waals surface area contributed by atoms with E-state index < -0.39 is 0 Å². The molecule has 0 amide bonds. The smallest absolute Gasteiger partial charge is 0.126 e. The molecule has 0 radical (unpaired) electrons. The maximum Gasteiger partial charge on any atom is 0.126 e. The molecule has 1 fully saturated rings. The molecule has 2 heterocycles. The number of nitrogens with zero attached hydrogens (tertiary/aromatic N) is 3. The standard InChI is InChI=1S/C7H11N3O/c1-5(2)10-3-6(8-9-10)7-4-11-7/h3,5,7H,4H2,1-2H3. The van der Waals surface area contributed by atoms with Gasteiger partial charge in [0.2, 0.25) is 0 Å². The summed E-state index contributed by atoms with van der Waals surface area (Å²) in [6.45, 7) is 4.95. The second-order valence-corrected chi connectivity index (χ2v) is 3.04. The summed E-state index contributed by atoms with van der Waals surface area (Å²) in [7, 11) is 0. The van der Waals surface area contributed by atoms with Crippen LogP contribution in [0.25, 0.3) is 0 Å². The van der Waals surface area contributed by atoms with Crippen molar-refractivity contribution in [3.8, 4) is 0 Å². The molecular formula is C7H11N3O. The lowest BCUT2D eigenvalue weighted by molar-refractivity contribution is 0.411. The van der Waals surface area contributed by atoms with Gasteiger partial charge in [-0.1, -0.05) is 5.21 Å². The maximum absolute atomic E-state index is 5.07. The van der Waals surface area contributed by atoms with Crippen molar-refractivity contribution in [3.05, 3.63) is 11.9 Å². The molecule has 11 heavy (non-hydrogen) atoms. The SMILES string of the molecule is CC(C)n1cc(C2CO2)nn1. The van der Waals surface area contributed by atoms with E-state index in [4.69, 9.17) is 4.74 Å². The van der Waals surface area contributed by atoms with Gasteiger partial charge in [0.25, 0.3) is 0 Å². The van der Waals surface area contributed by atoms with Gasteiger partial charge >= 0.3 is 0 Å². The number of epoxide rings is 1. The van der Waals surface area contributed by atoms with Crippen LogP contribution in [0.4, 0.5) is 0 Å². The number of hydrogen-bond acceptors (Lipinski definition) is 3. The summed E-state index contributed by atoms with van der Waals surface area (Å²) in [5.41, 5.74) is 0.957. The molecule has 0 aliphatic carbocycles. The number of hydrogen-bond donors (Lipinski definition) is 0. The zero-order chi connectivity index (χ0) is 7.84. The fraction of sp³-hybridized carbons (Fsp3) is 0.714. The van der Waals surface area contributed by atoms with Gasteiger partial charge in [0.05, 0.1) is 12.8 Å². The maximum atomic E-state index is 5.07. The minimum absolute atomic E-state index is 0.225. The van der Waals surface area contributed by atoms with Gasteiger partial charge in [0.15, 0.2) is 0 Å². The van der Waals surface area contributed by atoms with Crippen LogP contribution < -0.4 is 0 Å². The highest BCUT2D eigenvalue weighted by Gasteiger charge is 2.28. The zero-order valence-corrected chi connectivity index (χ0v) is 6.69. The highest BCUT2D eigenvalue weighted by molar-refractivity contribution is 5.03. The first-order valence-electron chi connectivity index (χ1n) is 3.80. The van der Waals surface area contributed by atoms with Crippen LogP contribution in [0.1, 0.15) is 31.7 Å². The summed E-state index contributed by atoms with van der Waals surface area (Å²) in [6, 6.07) is 0.384. The number of rotatable bonds is 2. The molecule has 0 bridgehead atoms.